The van der Waals surface area contributed by atoms with E-state index >= 15 is 0 Å². The minimum absolute atomic E-state index is 0.143. The molecule has 2 N–H and O–H groups in total. The summed E-state index contributed by atoms with van der Waals surface area (Å²) in [5.74, 6) is -0.214. The van der Waals surface area contributed by atoms with Crippen molar-refractivity contribution in [2.24, 2.45) is 0 Å². The number of amides is 2. The first kappa shape index (κ1) is 20.6. The molecule has 3 aromatic rings. The lowest BCUT2D eigenvalue weighted by Crippen LogP contribution is -2.18. The molecule has 5 nitrogen and oxygen atoms in total. The van der Waals surface area contributed by atoms with Crippen LogP contribution in [0.5, 0.6) is 0 Å². The van der Waals surface area contributed by atoms with E-state index in [9.17, 15) is 9.59 Å². The minimum Gasteiger partial charge on any atom is -0.325 e. The van der Waals surface area contributed by atoms with E-state index in [-0.39, 0.29) is 17.6 Å². The number of hydrogen-bond donors (Lipinski definition) is 2. The van der Waals surface area contributed by atoms with Crippen LogP contribution in [0.25, 0.3) is 0 Å². The first-order chi connectivity index (χ1) is 13.9. The monoisotopic (exact) mass is 405 g/mol. The number of carbonyl (C=O) groups excluding carboxylic acids is 2. The molecule has 0 spiro atoms. The number of nitrogens with one attached hydrogen (secondary N) is 2. The molecule has 0 aliphatic heterocycles. The Hall–Kier alpha value is -3.12. The Morgan fingerprint density at radius 3 is 2.34 bits per heavy atom. The van der Waals surface area contributed by atoms with Gasteiger partial charge in [0.15, 0.2) is 0 Å². The number of aromatic nitrogens is 1. The third kappa shape index (κ3) is 5.68. The van der Waals surface area contributed by atoms with Crippen LogP contribution in [0.15, 0.2) is 65.7 Å². The fourth-order valence-electron chi connectivity index (χ4n) is 2.95. The second kappa shape index (κ2) is 9.39. The number of anilines is 2. The van der Waals surface area contributed by atoms with Gasteiger partial charge in [0.05, 0.1) is 11.3 Å². The largest absolute Gasteiger partial charge is 0.325 e. The van der Waals surface area contributed by atoms with E-state index in [1.165, 1.54) is 11.8 Å². The molecule has 0 saturated carbocycles. The van der Waals surface area contributed by atoms with Crippen LogP contribution in [0.4, 0.5) is 11.4 Å². The maximum absolute atomic E-state index is 12.9. The predicted octanol–water partition coefficient (Wildman–Crippen LogP) is 4.99. The van der Waals surface area contributed by atoms with Gasteiger partial charge in [-0.25, -0.2) is 4.98 Å². The molecule has 0 bridgehead atoms. The quantitative estimate of drug-likeness (QED) is 0.567. The topological polar surface area (TPSA) is 71.1 Å². The van der Waals surface area contributed by atoms with Gasteiger partial charge < -0.3 is 10.6 Å². The van der Waals surface area contributed by atoms with Crippen molar-refractivity contribution in [3.63, 3.8) is 0 Å². The lowest BCUT2D eigenvalue weighted by molar-refractivity contribution is -0.113. The van der Waals surface area contributed by atoms with Crippen LogP contribution in [0.1, 0.15) is 27.2 Å². The van der Waals surface area contributed by atoms with Crippen molar-refractivity contribution in [3.05, 3.63) is 83.0 Å². The van der Waals surface area contributed by atoms with Gasteiger partial charge in [-0.3, -0.25) is 9.59 Å². The number of benzene rings is 2. The zero-order valence-corrected chi connectivity index (χ0v) is 17.5. The molecule has 148 valence electrons. The van der Waals surface area contributed by atoms with Crippen molar-refractivity contribution < 1.29 is 9.59 Å². The lowest BCUT2D eigenvalue weighted by atomic mass is 10.1. The highest BCUT2D eigenvalue weighted by atomic mass is 32.2. The third-order valence-corrected chi connectivity index (χ3v) is 5.19. The molecule has 0 radical (unpaired) electrons. The van der Waals surface area contributed by atoms with Gasteiger partial charge in [0.1, 0.15) is 5.03 Å². The Morgan fingerprint density at radius 2 is 1.62 bits per heavy atom. The summed E-state index contributed by atoms with van der Waals surface area (Å²) in [5, 5.41) is 6.33. The Morgan fingerprint density at radius 1 is 0.897 bits per heavy atom. The fraction of sp³-hybridized carbons (Fsp3) is 0.174. The fourth-order valence-corrected chi connectivity index (χ4v) is 3.90. The van der Waals surface area contributed by atoms with Crippen molar-refractivity contribution >= 4 is 35.0 Å². The highest BCUT2D eigenvalue weighted by Gasteiger charge is 2.18. The second-order valence-corrected chi connectivity index (χ2v) is 7.75. The number of nitrogens with zero attached hydrogens (tertiary/aromatic N) is 1. The molecule has 0 aliphatic carbocycles. The number of carbonyl (C=O) groups is 2. The van der Waals surface area contributed by atoms with Gasteiger partial charge in [-0.05, 0) is 62.2 Å². The Bertz CT molecular complexity index is 1040. The highest BCUT2D eigenvalue weighted by molar-refractivity contribution is 8.00. The van der Waals surface area contributed by atoms with Crippen molar-refractivity contribution in [1.82, 2.24) is 4.98 Å². The van der Waals surface area contributed by atoms with E-state index in [1.54, 1.807) is 0 Å². The molecule has 2 amide bonds. The van der Waals surface area contributed by atoms with Gasteiger partial charge in [-0.1, -0.05) is 42.1 Å². The average Bonchev–Trinajstić information content (AvgIpc) is 2.66. The van der Waals surface area contributed by atoms with E-state index in [2.05, 4.69) is 15.6 Å². The van der Waals surface area contributed by atoms with Gasteiger partial charge in [0, 0.05) is 17.1 Å². The molecule has 29 heavy (non-hydrogen) atoms. The summed E-state index contributed by atoms with van der Waals surface area (Å²) >= 11 is 1.26. The molecule has 3 rings (SSSR count). The van der Waals surface area contributed by atoms with Gasteiger partial charge >= 0.3 is 0 Å². The number of rotatable bonds is 6. The number of hydrogen-bond acceptors (Lipinski definition) is 4. The number of aryl methyl sites for hydroxylation is 3. The lowest BCUT2D eigenvalue weighted by Gasteiger charge is -2.13. The van der Waals surface area contributed by atoms with Crippen LogP contribution in [0.2, 0.25) is 0 Å². The van der Waals surface area contributed by atoms with Crippen molar-refractivity contribution in [2.75, 3.05) is 16.4 Å². The van der Waals surface area contributed by atoms with E-state index in [4.69, 9.17) is 0 Å². The normalized spacial score (nSPS) is 10.4. The van der Waals surface area contributed by atoms with Crippen molar-refractivity contribution in [3.8, 4) is 0 Å². The van der Waals surface area contributed by atoms with Gasteiger partial charge in [-0.15, -0.1) is 0 Å². The molecule has 0 saturated heterocycles. The smallest absolute Gasteiger partial charge is 0.258 e. The first-order valence-electron chi connectivity index (χ1n) is 9.26. The standard InChI is InChI=1S/C23H23N3O2S/c1-15-8-7-11-19(12-15)25-20(27)14-29-23-21(16(2)13-17(3)24-23)22(28)26-18-9-5-4-6-10-18/h4-13H,14H2,1-3H3,(H,25,27)(H,26,28). The molecule has 1 aromatic heterocycles. The third-order valence-electron chi connectivity index (χ3n) is 4.21. The summed E-state index contributed by atoms with van der Waals surface area (Å²) in [4.78, 5) is 29.8. The van der Waals surface area contributed by atoms with E-state index in [0.717, 1.165) is 22.5 Å². The summed E-state index contributed by atoms with van der Waals surface area (Å²) in [6, 6.07) is 18.8. The molecule has 0 aliphatic rings. The maximum atomic E-state index is 12.9. The minimum atomic E-state index is -0.234. The van der Waals surface area contributed by atoms with E-state index < -0.39 is 0 Å². The number of pyridine rings is 1. The van der Waals surface area contributed by atoms with E-state index in [0.29, 0.717) is 16.3 Å². The number of thioether (sulfide) groups is 1. The summed E-state index contributed by atoms with van der Waals surface area (Å²) in [6.45, 7) is 5.73. The highest BCUT2D eigenvalue weighted by Crippen LogP contribution is 2.26. The van der Waals surface area contributed by atoms with Gasteiger partial charge in [0.2, 0.25) is 5.91 Å². The Kier molecular flexibility index (Phi) is 6.67. The van der Waals surface area contributed by atoms with Crippen molar-refractivity contribution in [2.45, 2.75) is 25.8 Å². The summed E-state index contributed by atoms with van der Waals surface area (Å²) in [6.07, 6.45) is 0. The Balaban J connectivity index is 1.74. The van der Waals surface area contributed by atoms with Crippen LogP contribution in [-0.4, -0.2) is 22.6 Å². The van der Waals surface area contributed by atoms with Crippen LogP contribution >= 0.6 is 11.8 Å². The molecular formula is C23H23N3O2S. The molecular weight excluding hydrogens is 382 g/mol. The summed E-state index contributed by atoms with van der Waals surface area (Å²) in [5.41, 5.74) is 4.67. The summed E-state index contributed by atoms with van der Waals surface area (Å²) < 4.78 is 0. The zero-order valence-electron chi connectivity index (χ0n) is 16.7. The predicted molar refractivity (Wildman–Crippen MR) is 119 cm³/mol. The second-order valence-electron chi connectivity index (χ2n) is 6.79. The van der Waals surface area contributed by atoms with Gasteiger partial charge in [-0.2, -0.15) is 0 Å². The zero-order chi connectivity index (χ0) is 20.8. The molecule has 6 heteroatoms. The SMILES string of the molecule is Cc1cccc(NC(=O)CSc2nc(C)cc(C)c2C(=O)Nc2ccccc2)c1. The molecule has 0 unspecified atom stereocenters. The first-order valence-corrected chi connectivity index (χ1v) is 10.2. The molecule has 1 heterocycles. The summed E-state index contributed by atoms with van der Waals surface area (Å²) in [7, 11) is 0. The average molecular weight is 406 g/mol. The number of para-hydroxylation sites is 1. The van der Waals surface area contributed by atoms with Crippen LogP contribution < -0.4 is 10.6 Å². The van der Waals surface area contributed by atoms with Crippen LogP contribution in [0, 0.1) is 20.8 Å². The maximum Gasteiger partial charge on any atom is 0.258 e. The van der Waals surface area contributed by atoms with Gasteiger partial charge in [0.25, 0.3) is 5.91 Å². The molecule has 0 fully saturated rings. The Labute approximate surface area is 175 Å². The molecule has 0 atom stereocenters. The molecule has 2 aromatic carbocycles. The van der Waals surface area contributed by atoms with E-state index in [1.807, 2.05) is 81.4 Å². The van der Waals surface area contributed by atoms with Crippen molar-refractivity contribution in [1.29, 1.82) is 0 Å². The van der Waals surface area contributed by atoms with Crippen LogP contribution in [0.3, 0.4) is 0 Å². The van der Waals surface area contributed by atoms with Crippen LogP contribution in [-0.2, 0) is 4.79 Å².